The molecule has 2 aliphatic heterocycles. The van der Waals surface area contributed by atoms with Crippen molar-refractivity contribution >= 4 is 17.7 Å². The molecule has 2 fully saturated rings. The van der Waals surface area contributed by atoms with Gasteiger partial charge >= 0.3 is 0 Å². The Hall–Kier alpha value is -2.70. The van der Waals surface area contributed by atoms with Crippen molar-refractivity contribution in [3.05, 3.63) is 42.4 Å². The van der Waals surface area contributed by atoms with Gasteiger partial charge in [-0.15, -0.1) is 0 Å². The van der Waals surface area contributed by atoms with E-state index in [1.807, 2.05) is 23.2 Å². The van der Waals surface area contributed by atoms with Gasteiger partial charge in [-0.1, -0.05) is 0 Å². The maximum Gasteiger partial charge on any atom is 0.225 e. The predicted octanol–water partition coefficient (Wildman–Crippen LogP) is 1.75. The molecular formula is C20H26N6O. The van der Waals surface area contributed by atoms with Crippen LogP contribution < -0.4 is 9.80 Å². The fraction of sp³-hybridized carbons (Fsp3) is 0.500. The van der Waals surface area contributed by atoms with Gasteiger partial charge in [0.2, 0.25) is 11.9 Å². The van der Waals surface area contributed by atoms with Gasteiger partial charge in [-0.3, -0.25) is 4.79 Å². The summed E-state index contributed by atoms with van der Waals surface area (Å²) in [6, 6.07) is 5.98. The van der Waals surface area contributed by atoms with E-state index in [9.17, 15) is 4.79 Å². The van der Waals surface area contributed by atoms with Crippen molar-refractivity contribution in [3.8, 4) is 0 Å². The topological polar surface area (TPSA) is 65.5 Å². The van der Waals surface area contributed by atoms with Crippen molar-refractivity contribution in [1.82, 2.24) is 19.9 Å². The smallest absolute Gasteiger partial charge is 0.225 e. The van der Waals surface area contributed by atoms with Crippen LogP contribution in [-0.4, -0.2) is 65.0 Å². The van der Waals surface area contributed by atoms with Gasteiger partial charge in [-0.25, -0.2) is 15.0 Å². The number of rotatable bonds is 5. The van der Waals surface area contributed by atoms with Gasteiger partial charge < -0.3 is 14.7 Å². The van der Waals surface area contributed by atoms with E-state index in [1.165, 1.54) is 18.4 Å². The van der Waals surface area contributed by atoms with Crippen molar-refractivity contribution in [2.75, 3.05) is 49.1 Å². The maximum absolute atomic E-state index is 12.6. The summed E-state index contributed by atoms with van der Waals surface area (Å²) in [4.78, 5) is 32.1. The lowest BCUT2D eigenvalue weighted by molar-refractivity contribution is -0.131. The number of anilines is 2. The van der Waals surface area contributed by atoms with Crippen molar-refractivity contribution < 1.29 is 4.79 Å². The number of pyridine rings is 1. The average molecular weight is 366 g/mol. The minimum atomic E-state index is 0.225. The molecule has 0 saturated carbocycles. The van der Waals surface area contributed by atoms with Gasteiger partial charge in [0.15, 0.2) is 0 Å². The Balaban J connectivity index is 1.27. The van der Waals surface area contributed by atoms with Crippen LogP contribution in [0.15, 0.2) is 36.8 Å². The van der Waals surface area contributed by atoms with Gasteiger partial charge in [0.25, 0.3) is 0 Å². The Bertz CT molecular complexity index is 754. The first kappa shape index (κ1) is 17.7. The summed E-state index contributed by atoms with van der Waals surface area (Å²) < 4.78 is 0. The highest BCUT2D eigenvalue weighted by molar-refractivity contribution is 5.76. The SMILES string of the molecule is O=C(CCc1ccnc(N2CCCC2)c1)N1CCN(c2ncccn2)CC1. The number of aromatic nitrogens is 3. The Morgan fingerprint density at radius 2 is 1.63 bits per heavy atom. The minimum Gasteiger partial charge on any atom is -0.357 e. The molecule has 4 heterocycles. The van der Waals surface area contributed by atoms with Crippen LogP contribution in [0.3, 0.4) is 0 Å². The van der Waals surface area contributed by atoms with Gasteiger partial charge in [0.1, 0.15) is 5.82 Å². The van der Waals surface area contributed by atoms with E-state index >= 15 is 0 Å². The molecule has 2 saturated heterocycles. The van der Waals surface area contributed by atoms with Crippen LogP contribution in [0.25, 0.3) is 0 Å². The molecule has 0 atom stereocenters. The largest absolute Gasteiger partial charge is 0.357 e. The molecule has 0 aliphatic carbocycles. The van der Waals surface area contributed by atoms with E-state index in [2.05, 4.69) is 30.8 Å². The van der Waals surface area contributed by atoms with E-state index in [0.29, 0.717) is 6.42 Å². The molecule has 0 aromatic carbocycles. The number of hydrogen-bond donors (Lipinski definition) is 0. The zero-order chi connectivity index (χ0) is 18.5. The zero-order valence-corrected chi connectivity index (χ0v) is 15.6. The van der Waals surface area contributed by atoms with Crippen LogP contribution in [0.4, 0.5) is 11.8 Å². The number of nitrogens with zero attached hydrogens (tertiary/aromatic N) is 6. The fourth-order valence-electron chi connectivity index (χ4n) is 3.76. The Morgan fingerprint density at radius 1 is 0.889 bits per heavy atom. The van der Waals surface area contributed by atoms with Crippen molar-refractivity contribution in [2.24, 2.45) is 0 Å². The lowest BCUT2D eigenvalue weighted by atomic mass is 10.1. The summed E-state index contributed by atoms with van der Waals surface area (Å²) in [5.41, 5.74) is 1.19. The van der Waals surface area contributed by atoms with Crippen LogP contribution in [0, 0.1) is 0 Å². The Kier molecular flexibility index (Phi) is 5.46. The van der Waals surface area contributed by atoms with Crippen molar-refractivity contribution in [3.63, 3.8) is 0 Å². The molecule has 0 unspecified atom stereocenters. The molecule has 0 N–H and O–H groups in total. The number of amides is 1. The molecule has 0 radical (unpaired) electrons. The van der Waals surface area contributed by atoms with Gasteiger partial charge in [-0.2, -0.15) is 0 Å². The molecule has 0 bridgehead atoms. The summed E-state index contributed by atoms with van der Waals surface area (Å²) in [5, 5.41) is 0. The highest BCUT2D eigenvalue weighted by Gasteiger charge is 2.22. The Morgan fingerprint density at radius 3 is 2.37 bits per heavy atom. The average Bonchev–Trinajstić information content (AvgIpc) is 3.28. The molecular weight excluding hydrogens is 340 g/mol. The van der Waals surface area contributed by atoms with Crippen LogP contribution in [-0.2, 0) is 11.2 Å². The minimum absolute atomic E-state index is 0.225. The molecule has 2 aliphatic rings. The van der Waals surface area contributed by atoms with Gasteiger partial charge in [0, 0.05) is 64.3 Å². The third-order valence-electron chi connectivity index (χ3n) is 5.33. The molecule has 1 amide bonds. The molecule has 0 spiro atoms. The second-order valence-electron chi connectivity index (χ2n) is 7.13. The number of piperazine rings is 1. The number of carbonyl (C=O) groups excluding carboxylic acids is 1. The van der Waals surface area contributed by atoms with Crippen LogP contribution >= 0.6 is 0 Å². The summed E-state index contributed by atoms with van der Waals surface area (Å²) in [5.74, 6) is 2.02. The highest BCUT2D eigenvalue weighted by Crippen LogP contribution is 2.19. The van der Waals surface area contributed by atoms with E-state index < -0.39 is 0 Å². The lowest BCUT2D eigenvalue weighted by Crippen LogP contribution is -2.49. The predicted molar refractivity (Wildman–Crippen MR) is 105 cm³/mol. The molecule has 2 aromatic heterocycles. The third-order valence-corrected chi connectivity index (χ3v) is 5.33. The van der Waals surface area contributed by atoms with Gasteiger partial charge in [0.05, 0.1) is 0 Å². The first-order valence-electron chi connectivity index (χ1n) is 9.79. The fourth-order valence-corrected chi connectivity index (χ4v) is 3.76. The van der Waals surface area contributed by atoms with Gasteiger partial charge in [-0.05, 0) is 43.0 Å². The molecule has 4 rings (SSSR count). The number of hydrogen-bond acceptors (Lipinski definition) is 6. The quantitative estimate of drug-likeness (QED) is 0.803. The second kappa shape index (κ2) is 8.33. The standard InChI is InChI=1S/C20H26N6O/c27-19(25-12-14-26(15-13-25)20-22-7-3-8-23-20)5-4-17-6-9-21-18(16-17)24-10-1-2-11-24/h3,6-9,16H,1-2,4-5,10-15H2. The highest BCUT2D eigenvalue weighted by atomic mass is 16.2. The normalized spacial score (nSPS) is 17.4. The summed E-state index contributed by atoms with van der Waals surface area (Å²) in [6.07, 6.45) is 9.17. The molecule has 27 heavy (non-hydrogen) atoms. The molecule has 142 valence electrons. The third kappa shape index (κ3) is 4.35. The van der Waals surface area contributed by atoms with Crippen molar-refractivity contribution in [2.45, 2.75) is 25.7 Å². The van der Waals surface area contributed by atoms with E-state index in [-0.39, 0.29) is 5.91 Å². The summed E-state index contributed by atoms with van der Waals surface area (Å²) in [6.45, 7) is 5.20. The van der Waals surface area contributed by atoms with Crippen LogP contribution in [0.5, 0.6) is 0 Å². The second-order valence-corrected chi connectivity index (χ2v) is 7.13. The van der Waals surface area contributed by atoms with E-state index in [0.717, 1.165) is 57.5 Å². The first-order valence-corrected chi connectivity index (χ1v) is 9.79. The number of aryl methyl sites for hydroxylation is 1. The van der Waals surface area contributed by atoms with E-state index in [1.54, 1.807) is 12.4 Å². The van der Waals surface area contributed by atoms with Crippen LogP contribution in [0.2, 0.25) is 0 Å². The van der Waals surface area contributed by atoms with Crippen LogP contribution in [0.1, 0.15) is 24.8 Å². The van der Waals surface area contributed by atoms with E-state index in [4.69, 9.17) is 0 Å². The maximum atomic E-state index is 12.6. The Labute approximate surface area is 160 Å². The zero-order valence-electron chi connectivity index (χ0n) is 15.6. The molecule has 2 aromatic rings. The molecule has 7 nitrogen and oxygen atoms in total. The lowest BCUT2D eigenvalue weighted by Gasteiger charge is -2.34. The first-order chi connectivity index (χ1) is 13.3. The van der Waals surface area contributed by atoms with Crippen molar-refractivity contribution in [1.29, 1.82) is 0 Å². The molecule has 7 heteroatoms. The monoisotopic (exact) mass is 366 g/mol. The number of carbonyl (C=O) groups is 1. The summed E-state index contributed by atoms with van der Waals surface area (Å²) >= 11 is 0. The summed E-state index contributed by atoms with van der Waals surface area (Å²) in [7, 11) is 0.